The smallest absolute Gasteiger partial charge is 0.311 e. The molecule has 0 fully saturated rings. The van der Waals surface area contributed by atoms with Crippen LogP contribution in [0.1, 0.15) is 25.5 Å². The molecule has 6 heteroatoms. The van der Waals surface area contributed by atoms with Gasteiger partial charge in [-0.1, -0.05) is 26.0 Å². The van der Waals surface area contributed by atoms with Gasteiger partial charge in [-0.3, -0.25) is 10.1 Å². The van der Waals surface area contributed by atoms with Crippen molar-refractivity contribution >= 4 is 11.5 Å². The molecule has 1 N–H and O–H groups in total. The minimum Gasteiger partial charge on any atom is -0.497 e. The van der Waals surface area contributed by atoms with Crippen molar-refractivity contribution < 1.29 is 9.66 Å². The molecule has 0 aliphatic rings. The number of nitro groups is 1. The van der Waals surface area contributed by atoms with Gasteiger partial charge in [0.05, 0.1) is 18.1 Å². The highest BCUT2D eigenvalue weighted by molar-refractivity contribution is 5.56. The zero-order chi connectivity index (χ0) is 16.1. The number of hydrogen-bond donors (Lipinski definition) is 1. The third kappa shape index (κ3) is 3.52. The molecule has 2 rings (SSSR count). The Morgan fingerprint density at radius 1 is 1.23 bits per heavy atom. The highest BCUT2D eigenvalue weighted by Crippen LogP contribution is 2.30. The van der Waals surface area contributed by atoms with Crippen molar-refractivity contribution in [3.8, 4) is 5.75 Å². The molecule has 1 unspecified atom stereocenters. The largest absolute Gasteiger partial charge is 0.497 e. The van der Waals surface area contributed by atoms with Crippen LogP contribution in [-0.2, 0) is 0 Å². The van der Waals surface area contributed by atoms with Crippen LogP contribution in [0.4, 0.5) is 11.5 Å². The zero-order valence-corrected chi connectivity index (χ0v) is 12.8. The van der Waals surface area contributed by atoms with E-state index in [0.717, 1.165) is 11.3 Å². The molecule has 6 nitrogen and oxygen atoms in total. The number of nitrogens with zero attached hydrogens (tertiary/aromatic N) is 2. The molecule has 2 aromatic rings. The van der Waals surface area contributed by atoms with Gasteiger partial charge in [0.15, 0.2) is 0 Å². The lowest BCUT2D eigenvalue weighted by Gasteiger charge is -2.23. The lowest BCUT2D eigenvalue weighted by molar-refractivity contribution is -0.384. The predicted molar refractivity (Wildman–Crippen MR) is 85.1 cm³/mol. The van der Waals surface area contributed by atoms with Crippen LogP contribution in [0.3, 0.4) is 0 Å². The summed E-state index contributed by atoms with van der Waals surface area (Å²) >= 11 is 0. The molecule has 1 aromatic heterocycles. The second kappa shape index (κ2) is 6.89. The lowest BCUT2D eigenvalue weighted by Crippen LogP contribution is -2.18. The fraction of sp³-hybridized carbons (Fsp3) is 0.312. The fourth-order valence-electron chi connectivity index (χ4n) is 2.25. The standard InChI is InChI=1S/C16H19N3O3/c1-11(2)15(12-6-8-13(22-3)9-7-12)18-16-14(19(20)21)5-4-10-17-16/h4-11,15H,1-3H3,(H,17,18). The van der Waals surface area contributed by atoms with E-state index in [1.165, 1.54) is 6.07 Å². The number of nitrogens with one attached hydrogen (secondary N) is 1. The second-order valence-electron chi connectivity index (χ2n) is 5.27. The number of ether oxygens (including phenoxy) is 1. The van der Waals surface area contributed by atoms with Crippen molar-refractivity contribution in [2.45, 2.75) is 19.9 Å². The topological polar surface area (TPSA) is 77.3 Å². The third-order valence-electron chi connectivity index (χ3n) is 3.42. The van der Waals surface area contributed by atoms with Crippen LogP contribution in [0.15, 0.2) is 42.6 Å². The van der Waals surface area contributed by atoms with E-state index in [1.54, 1.807) is 19.4 Å². The molecular formula is C16H19N3O3. The average Bonchev–Trinajstić information content (AvgIpc) is 2.52. The Morgan fingerprint density at radius 2 is 1.91 bits per heavy atom. The van der Waals surface area contributed by atoms with Crippen molar-refractivity contribution in [1.29, 1.82) is 0 Å². The summed E-state index contributed by atoms with van der Waals surface area (Å²) in [4.78, 5) is 14.8. The number of methoxy groups -OCH3 is 1. The van der Waals surface area contributed by atoms with Crippen molar-refractivity contribution in [1.82, 2.24) is 4.98 Å². The molecule has 0 aliphatic heterocycles. The molecule has 0 aliphatic carbocycles. The first-order valence-electron chi connectivity index (χ1n) is 7.03. The second-order valence-corrected chi connectivity index (χ2v) is 5.27. The lowest BCUT2D eigenvalue weighted by atomic mass is 9.96. The number of rotatable bonds is 6. The quantitative estimate of drug-likeness (QED) is 0.648. The van der Waals surface area contributed by atoms with E-state index in [9.17, 15) is 10.1 Å². The molecule has 22 heavy (non-hydrogen) atoms. The minimum absolute atomic E-state index is 0.0262. The van der Waals surface area contributed by atoms with E-state index in [0.29, 0.717) is 0 Å². The van der Waals surface area contributed by atoms with E-state index < -0.39 is 4.92 Å². The zero-order valence-electron chi connectivity index (χ0n) is 12.8. The minimum atomic E-state index is -0.430. The van der Waals surface area contributed by atoms with E-state index in [4.69, 9.17) is 4.74 Å². The SMILES string of the molecule is COc1ccc(C(Nc2ncccc2[N+](=O)[O-])C(C)C)cc1. The Hall–Kier alpha value is -2.63. The Labute approximate surface area is 129 Å². The Morgan fingerprint density at radius 3 is 2.45 bits per heavy atom. The van der Waals surface area contributed by atoms with Gasteiger partial charge in [-0.25, -0.2) is 4.98 Å². The van der Waals surface area contributed by atoms with Gasteiger partial charge in [-0.2, -0.15) is 0 Å². The number of aromatic nitrogens is 1. The van der Waals surface area contributed by atoms with Crippen LogP contribution in [0.25, 0.3) is 0 Å². The van der Waals surface area contributed by atoms with Crippen LogP contribution >= 0.6 is 0 Å². The molecule has 1 aromatic carbocycles. The molecule has 0 radical (unpaired) electrons. The number of pyridine rings is 1. The monoisotopic (exact) mass is 301 g/mol. The Balaban J connectivity index is 2.31. The maximum Gasteiger partial charge on any atom is 0.311 e. The van der Waals surface area contributed by atoms with Gasteiger partial charge in [0, 0.05) is 12.3 Å². The maximum atomic E-state index is 11.1. The summed E-state index contributed by atoms with van der Waals surface area (Å²) in [7, 11) is 1.62. The molecular weight excluding hydrogens is 282 g/mol. The summed E-state index contributed by atoms with van der Waals surface area (Å²) in [6.45, 7) is 4.10. The summed E-state index contributed by atoms with van der Waals surface area (Å²) < 4.78 is 5.16. The van der Waals surface area contributed by atoms with Crippen LogP contribution in [-0.4, -0.2) is 17.0 Å². The molecule has 0 amide bonds. The predicted octanol–water partition coefficient (Wildman–Crippen LogP) is 3.81. The molecule has 0 saturated heterocycles. The van der Waals surface area contributed by atoms with E-state index >= 15 is 0 Å². The fourth-order valence-corrected chi connectivity index (χ4v) is 2.25. The highest BCUT2D eigenvalue weighted by atomic mass is 16.6. The third-order valence-corrected chi connectivity index (χ3v) is 3.42. The number of benzene rings is 1. The summed E-state index contributed by atoms with van der Waals surface area (Å²) in [5, 5.41) is 14.3. The van der Waals surface area contributed by atoms with Gasteiger partial charge in [0.1, 0.15) is 5.75 Å². The molecule has 0 saturated carbocycles. The van der Waals surface area contributed by atoms with E-state index in [1.807, 2.05) is 24.3 Å². The van der Waals surface area contributed by atoms with Gasteiger partial charge >= 0.3 is 5.69 Å². The molecule has 116 valence electrons. The normalized spacial score (nSPS) is 12.0. The first kappa shape index (κ1) is 15.8. The molecule has 0 spiro atoms. The van der Waals surface area contributed by atoms with Crippen molar-refractivity contribution in [2.24, 2.45) is 5.92 Å². The maximum absolute atomic E-state index is 11.1. The van der Waals surface area contributed by atoms with E-state index in [2.05, 4.69) is 24.1 Å². The summed E-state index contributed by atoms with van der Waals surface area (Å²) in [5.41, 5.74) is 0.998. The van der Waals surface area contributed by atoms with Crippen LogP contribution in [0.2, 0.25) is 0 Å². The summed E-state index contributed by atoms with van der Waals surface area (Å²) in [6, 6.07) is 10.6. The Bertz CT molecular complexity index is 641. The van der Waals surface area contributed by atoms with Crippen molar-refractivity contribution in [3.05, 3.63) is 58.3 Å². The Kier molecular flexibility index (Phi) is 4.93. The van der Waals surface area contributed by atoms with Crippen LogP contribution in [0, 0.1) is 16.0 Å². The van der Waals surface area contributed by atoms with Gasteiger partial charge in [0.2, 0.25) is 5.82 Å². The first-order valence-corrected chi connectivity index (χ1v) is 7.03. The van der Waals surface area contributed by atoms with Gasteiger partial charge in [-0.15, -0.1) is 0 Å². The number of hydrogen-bond acceptors (Lipinski definition) is 5. The van der Waals surface area contributed by atoms with Crippen LogP contribution < -0.4 is 10.1 Å². The number of anilines is 1. The van der Waals surface area contributed by atoms with Crippen molar-refractivity contribution in [2.75, 3.05) is 12.4 Å². The van der Waals surface area contributed by atoms with Crippen molar-refractivity contribution in [3.63, 3.8) is 0 Å². The molecule has 0 bridgehead atoms. The molecule has 1 atom stereocenters. The average molecular weight is 301 g/mol. The highest BCUT2D eigenvalue weighted by Gasteiger charge is 2.21. The van der Waals surface area contributed by atoms with E-state index in [-0.39, 0.29) is 23.5 Å². The van der Waals surface area contributed by atoms with Gasteiger partial charge < -0.3 is 10.1 Å². The first-order chi connectivity index (χ1) is 10.5. The van der Waals surface area contributed by atoms with Crippen LogP contribution in [0.5, 0.6) is 5.75 Å². The summed E-state index contributed by atoms with van der Waals surface area (Å²) in [6.07, 6.45) is 1.54. The van der Waals surface area contributed by atoms with Gasteiger partial charge in [0.25, 0.3) is 0 Å². The van der Waals surface area contributed by atoms with Gasteiger partial charge in [-0.05, 0) is 29.7 Å². The molecule has 1 heterocycles. The summed E-state index contributed by atoms with van der Waals surface area (Å²) in [5.74, 6) is 1.28.